The largest absolute Gasteiger partial charge is 0.282 e. The van der Waals surface area contributed by atoms with E-state index in [1.54, 1.807) is 0 Å². The van der Waals surface area contributed by atoms with Gasteiger partial charge in [0.2, 0.25) is 10.0 Å². The molecule has 4 aromatic rings. The second-order valence-electron chi connectivity index (χ2n) is 6.65. The van der Waals surface area contributed by atoms with Gasteiger partial charge in [-0.3, -0.25) is 0 Å². The average molecular weight is 425 g/mol. The monoisotopic (exact) mass is 425 g/mol. The van der Waals surface area contributed by atoms with Crippen molar-refractivity contribution in [2.75, 3.05) is 0 Å². The standard InChI is InChI=1S/C22H17F2N3O2S/c23-22(24)20-14-21(17-8-6-16(7-9-17)15-4-2-1-3-5-15)27(26-20)18-10-12-19(13-11-18)30(25,28)29/h1-14,22H,(H2,25,28,29). The number of rotatable bonds is 5. The van der Waals surface area contributed by atoms with Gasteiger partial charge in [0.1, 0.15) is 5.69 Å². The molecule has 0 saturated heterocycles. The van der Waals surface area contributed by atoms with Crippen molar-refractivity contribution in [2.24, 2.45) is 5.14 Å². The fourth-order valence-corrected chi connectivity index (χ4v) is 3.67. The molecule has 0 bridgehead atoms. The van der Waals surface area contributed by atoms with Crippen molar-refractivity contribution in [3.63, 3.8) is 0 Å². The molecule has 2 N–H and O–H groups in total. The van der Waals surface area contributed by atoms with Crippen LogP contribution in [-0.2, 0) is 10.0 Å². The Morgan fingerprint density at radius 3 is 1.93 bits per heavy atom. The highest BCUT2D eigenvalue weighted by Crippen LogP contribution is 2.30. The molecule has 0 aliphatic heterocycles. The molecule has 4 rings (SSSR count). The molecule has 3 aromatic carbocycles. The minimum absolute atomic E-state index is 0.0683. The lowest BCUT2D eigenvalue weighted by Crippen LogP contribution is -2.12. The maximum Gasteiger partial charge on any atom is 0.282 e. The molecular formula is C22H17F2N3O2S. The van der Waals surface area contributed by atoms with Crippen LogP contribution >= 0.6 is 0 Å². The van der Waals surface area contributed by atoms with Gasteiger partial charge < -0.3 is 0 Å². The summed E-state index contributed by atoms with van der Waals surface area (Å²) in [5.41, 5.74) is 3.28. The summed E-state index contributed by atoms with van der Waals surface area (Å²) < 4.78 is 51.0. The molecule has 0 atom stereocenters. The summed E-state index contributed by atoms with van der Waals surface area (Å²) in [4.78, 5) is -0.0683. The van der Waals surface area contributed by atoms with Crippen LogP contribution in [0.2, 0.25) is 0 Å². The number of aromatic nitrogens is 2. The van der Waals surface area contributed by atoms with Crippen molar-refractivity contribution in [2.45, 2.75) is 11.3 Å². The third-order valence-corrected chi connectivity index (χ3v) is 5.58. The van der Waals surface area contributed by atoms with Crippen LogP contribution in [0.4, 0.5) is 8.78 Å². The van der Waals surface area contributed by atoms with Crippen molar-refractivity contribution in [3.8, 4) is 28.1 Å². The zero-order chi connectivity index (χ0) is 21.3. The van der Waals surface area contributed by atoms with Crippen LogP contribution in [0.1, 0.15) is 12.1 Å². The lowest BCUT2D eigenvalue weighted by Gasteiger charge is -2.09. The van der Waals surface area contributed by atoms with Crippen LogP contribution in [0, 0.1) is 0 Å². The van der Waals surface area contributed by atoms with Gasteiger partial charge in [-0.2, -0.15) is 5.10 Å². The predicted molar refractivity (Wildman–Crippen MR) is 111 cm³/mol. The van der Waals surface area contributed by atoms with Crippen molar-refractivity contribution in [1.29, 1.82) is 0 Å². The summed E-state index contributed by atoms with van der Waals surface area (Å²) in [6.07, 6.45) is -2.74. The topological polar surface area (TPSA) is 78.0 Å². The first-order chi connectivity index (χ1) is 14.3. The maximum atomic E-state index is 13.3. The normalized spacial score (nSPS) is 11.7. The van der Waals surface area contributed by atoms with Gasteiger partial charge in [0.05, 0.1) is 16.3 Å². The second-order valence-corrected chi connectivity index (χ2v) is 8.21. The van der Waals surface area contributed by atoms with E-state index in [9.17, 15) is 17.2 Å². The summed E-state index contributed by atoms with van der Waals surface area (Å²) >= 11 is 0. The fourth-order valence-electron chi connectivity index (χ4n) is 3.15. The van der Waals surface area contributed by atoms with Crippen molar-refractivity contribution in [1.82, 2.24) is 9.78 Å². The Kier molecular flexibility index (Phi) is 5.19. The van der Waals surface area contributed by atoms with E-state index in [0.29, 0.717) is 16.9 Å². The number of sulfonamides is 1. The van der Waals surface area contributed by atoms with E-state index in [0.717, 1.165) is 11.1 Å². The van der Waals surface area contributed by atoms with Crippen molar-refractivity contribution in [3.05, 3.63) is 90.6 Å². The minimum atomic E-state index is -3.85. The Balaban J connectivity index is 1.77. The third-order valence-electron chi connectivity index (χ3n) is 4.65. The summed E-state index contributed by atoms with van der Waals surface area (Å²) in [5, 5.41) is 9.14. The molecule has 0 radical (unpaired) electrons. The first-order valence-electron chi connectivity index (χ1n) is 9.00. The molecule has 0 spiro atoms. The highest BCUT2D eigenvalue weighted by atomic mass is 32.2. The van der Waals surface area contributed by atoms with E-state index in [1.165, 1.54) is 35.0 Å². The van der Waals surface area contributed by atoms with Gasteiger partial charge >= 0.3 is 0 Å². The molecule has 0 saturated carbocycles. The van der Waals surface area contributed by atoms with E-state index in [4.69, 9.17) is 5.14 Å². The van der Waals surface area contributed by atoms with Crippen LogP contribution in [0.25, 0.3) is 28.1 Å². The predicted octanol–water partition coefficient (Wildman–Crippen LogP) is 4.79. The molecule has 30 heavy (non-hydrogen) atoms. The number of alkyl halides is 2. The summed E-state index contributed by atoms with van der Waals surface area (Å²) in [5.74, 6) is 0. The highest BCUT2D eigenvalue weighted by Gasteiger charge is 2.18. The van der Waals surface area contributed by atoms with Crippen LogP contribution < -0.4 is 5.14 Å². The van der Waals surface area contributed by atoms with Gasteiger partial charge in [0, 0.05) is 5.56 Å². The van der Waals surface area contributed by atoms with Crippen LogP contribution in [0.5, 0.6) is 0 Å². The van der Waals surface area contributed by atoms with Gasteiger partial charge in [-0.1, -0.05) is 54.6 Å². The van der Waals surface area contributed by atoms with Crippen molar-refractivity contribution >= 4 is 10.0 Å². The maximum absolute atomic E-state index is 13.3. The van der Waals surface area contributed by atoms with E-state index in [1.807, 2.05) is 54.6 Å². The molecule has 0 aliphatic carbocycles. The first-order valence-corrected chi connectivity index (χ1v) is 10.5. The molecule has 0 fully saturated rings. The molecular weight excluding hydrogens is 408 g/mol. The Hall–Kier alpha value is -3.36. The molecule has 0 amide bonds. The SMILES string of the molecule is NS(=O)(=O)c1ccc(-n2nc(C(F)F)cc2-c2ccc(-c3ccccc3)cc2)cc1. The van der Waals surface area contributed by atoms with E-state index in [2.05, 4.69) is 5.10 Å². The Morgan fingerprint density at radius 1 is 0.800 bits per heavy atom. The van der Waals surface area contributed by atoms with Crippen LogP contribution in [0.3, 0.4) is 0 Å². The second kappa shape index (κ2) is 7.81. The first kappa shape index (κ1) is 19.9. The Labute approximate surface area is 172 Å². The lowest BCUT2D eigenvalue weighted by atomic mass is 10.0. The van der Waals surface area contributed by atoms with Gasteiger partial charge in [0.15, 0.2) is 0 Å². The quantitative estimate of drug-likeness (QED) is 0.499. The van der Waals surface area contributed by atoms with E-state index in [-0.39, 0.29) is 10.6 Å². The molecule has 0 aliphatic rings. The third kappa shape index (κ3) is 4.00. The van der Waals surface area contributed by atoms with Gasteiger partial charge in [-0.05, 0) is 41.5 Å². The number of hydrogen-bond acceptors (Lipinski definition) is 3. The Morgan fingerprint density at radius 2 is 1.37 bits per heavy atom. The number of halogens is 2. The Bertz CT molecular complexity index is 1270. The number of primary sulfonamides is 1. The fraction of sp³-hybridized carbons (Fsp3) is 0.0455. The number of nitrogens with two attached hydrogens (primary N) is 1. The zero-order valence-electron chi connectivity index (χ0n) is 15.6. The van der Waals surface area contributed by atoms with Crippen molar-refractivity contribution < 1.29 is 17.2 Å². The van der Waals surface area contributed by atoms with Gasteiger partial charge in [-0.25, -0.2) is 27.0 Å². The highest BCUT2D eigenvalue weighted by molar-refractivity contribution is 7.89. The van der Waals surface area contributed by atoms with Gasteiger partial charge in [0.25, 0.3) is 6.43 Å². The molecule has 5 nitrogen and oxygen atoms in total. The summed E-state index contributed by atoms with van der Waals surface area (Å²) in [6, 6.07) is 24.2. The van der Waals surface area contributed by atoms with E-state index >= 15 is 0 Å². The van der Waals surface area contributed by atoms with Crippen LogP contribution in [-0.4, -0.2) is 18.2 Å². The van der Waals surface area contributed by atoms with Gasteiger partial charge in [-0.15, -0.1) is 0 Å². The molecule has 1 aromatic heterocycles. The smallest absolute Gasteiger partial charge is 0.233 e. The lowest BCUT2D eigenvalue weighted by molar-refractivity contribution is 0.145. The number of hydrogen-bond donors (Lipinski definition) is 1. The molecule has 0 unspecified atom stereocenters. The summed E-state index contributed by atoms with van der Waals surface area (Å²) in [6.45, 7) is 0. The minimum Gasteiger partial charge on any atom is -0.233 e. The molecule has 8 heteroatoms. The molecule has 152 valence electrons. The van der Waals surface area contributed by atoms with E-state index < -0.39 is 16.4 Å². The van der Waals surface area contributed by atoms with Crippen LogP contribution in [0.15, 0.2) is 89.8 Å². The zero-order valence-corrected chi connectivity index (χ0v) is 16.4. The average Bonchev–Trinajstić information content (AvgIpc) is 3.20. The number of nitrogens with zero attached hydrogens (tertiary/aromatic N) is 2. The molecule has 1 heterocycles. The number of benzene rings is 3. The summed E-state index contributed by atoms with van der Waals surface area (Å²) in [7, 11) is -3.85.